The van der Waals surface area contributed by atoms with Crippen LogP contribution in [-0.4, -0.2) is 20.4 Å². The lowest BCUT2D eigenvalue weighted by Crippen LogP contribution is -2.15. The van der Waals surface area contributed by atoms with Crippen molar-refractivity contribution in [2.24, 2.45) is 0 Å². The lowest BCUT2D eigenvalue weighted by molar-refractivity contribution is 0.683. The minimum atomic E-state index is 1.04. The van der Waals surface area contributed by atoms with Crippen LogP contribution in [0.1, 0.15) is 35.6 Å². The summed E-state index contributed by atoms with van der Waals surface area (Å²) < 4.78 is 0. The SMILES string of the molecule is C1Cc2nnc3c4c(nnc(c24)C1)CCC3. The number of aromatic nitrogens is 4. The van der Waals surface area contributed by atoms with E-state index in [1.165, 1.54) is 10.8 Å². The van der Waals surface area contributed by atoms with Gasteiger partial charge in [0.2, 0.25) is 0 Å². The molecule has 2 aliphatic rings. The molecular formula is C12H12N4. The number of rotatable bonds is 0. The van der Waals surface area contributed by atoms with Gasteiger partial charge in [-0.1, -0.05) is 0 Å². The number of aryl methyl sites for hydroxylation is 4. The molecule has 4 heteroatoms. The molecule has 0 unspecified atom stereocenters. The summed E-state index contributed by atoms with van der Waals surface area (Å²) in [6.45, 7) is 0. The smallest absolute Gasteiger partial charge is 0.0729 e. The molecule has 2 aromatic rings. The van der Waals surface area contributed by atoms with Gasteiger partial charge in [0.1, 0.15) is 0 Å². The molecule has 0 aliphatic heterocycles. The van der Waals surface area contributed by atoms with Crippen LogP contribution in [0.5, 0.6) is 0 Å². The summed E-state index contributed by atoms with van der Waals surface area (Å²) in [6, 6.07) is 0. The molecule has 0 fully saturated rings. The molecule has 0 saturated carbocycles. The van der Waals surface area contributed by atoms with Crippen LogP contribution in [0.25, 0.3) is 10.8 Å². The fourth-order valence-corrected chi connectivity index (χ4v) is 2.90. The first-order valence-corrected chi connectivity index (χ1v) is 5.96. The monoisotopic (exact) mass is 212 g/mol. The van der Waals surface area contributed by atoms with Gasteiger partial charge in [-0.25, -0.2) is 0 Å². The first-order chi connectivity index (χ1) is 7.93. The lowest BCUT2D eigenvalue weighted by atomic mass is 9.91. The fraction of sp³-hybridized carbons (Fsp3) is 0.500. The van der Waals surface area contributed by atoms with Gasteiger partial charge in [0.05, 0.1) is 22.8 Å². The topological polar surface area (TPSA) is 51.6 Å². The first kappa shape index (κ1) is 8.56. The van der Waals surface area contributed by atoms with Crippen molar-refractivity contribution in [3.05, 3.63) is 22.8 Å². The van der Waals surface area contributed by atoms with E-state index < -0.39 is 0 Å². The Hall–Kier alpha value is -1.58. The largest absolute Gasteiger partial charge is 0.155 e. The van der Waals surface area contributed by atoms with Crippen molar-refractivity contribution in [2.75, 3.05) is 0 Å². The first-order valence-electron chi connectivity index (χ1n) is 5.96. The van der Waals surface area contributed by atoms with E-state index in [0.717, 1.165) is 61.3 Å². The van der Waals surface area contributed by atoms with E-state index in [4.69, 9.17) is 0 Å². The van der Waals surface area contributed by atoms with Gasteiger partial charge in [-0.2, -0.15) is 20.4 Å². The van der Waals surface area contributed by atoms with Gasteiger partial charge in [0.25, 0.3) is 0 Å². The Labute approximate surface area is 93.1 Å². The van der Waals surface area contributed by atoms with Crippen molar-refractivity contribution in [3.8, 4) is 0 Å². The minimum Gasteiger partial charge on any atom is -0.155 e. The van der Waals surface area contributed by atoms with Crippen molar-refractivity contribution in [2.45, 2.75) is 38.5 Å². The predicted octanol–water partition coefficient (Wildman–Crippen LogP) is 1.40. The summed E-state index contributed by atoms with van der Waals surface area (Å²) in [4.78, 5) is 0. The van der Waals surface area contributed by atoms with Gasteiger partial charge >= 0.3 is 0 Å². The van der Waals surface area contributed by atoms with Crippen LogP contribution in [0.15, 0.2) is 0 Å². The molecule has 0 atom stereocenters. The van der Waals surface area contributed by atoms with Crippen molar-refractivity contribution >= 4 is 10.8 Å². The molecule has 80 valence electrons. The second-order valence-corrected chi connectivity index (χ2v) is 4.64. The van der Waals surface area contributed by atoms with Crippen LogP contribution < -0.4 is 0 Å². The van der Waals surface area contributed by atoms with Crippen molar-refractivity contribution in [1.82, 2.24) is 20.4 Å². The van der Waals surface area contributed by atoms with Gasteiger partial charge in [-0.15, -0.1) is 0 Å². The van der Waals surface area contributed by atoms with E-state index in [1.54, 1.807) is 0 Å². The Balaban J connectivity index is 2.21. The summed E-state index contributed by atoms with van der Waals surface area (Å²) in [5, 5.41) is 20.0. The number of nitrogens with zero attached hydrogens (tertiary/aromatic N) is 4. The molecule has 2 heterocycles. The minimum absolute atomic E-state index is 1.04. The zero-order valence-corrected chi connectivity index (χ0v) is 9.03. The summed E-state index contributed by atoms with van der Waals surface area (Å²) in [5.41, 5.74) is 4.55. The average Bonchev–Trinajstić information content (AvgIpc) is 2.36. The highest BCUT2D eigenvalue weighted by atomic mass is 15.1. The summed E-state index contributed by atoms with van der Waals surface area (Å²) in [5.74, 6) is 0. The third-order valence-corrected chi connectivity index (χ3v) is 3.64. The third kappa shape index (κ3) is 0.991. The van der Waals surface area contributed by atoms with Gasteiger partial charge in [0, 0.05) is 10.8 Å². The molecule has 0 radical (unpaired) electrons. The van der Waals surface area contributed by atoms with Crippen LogP contribution in [-0.2, 0) is 25.7 Å². The van der Waals surface area contributed by atoms with Crippen molar-refractivity contribution < 1.29 is 0 Å². The molecule has 0 spiro atoms. The fourth-order valence-electron chi connectivity index (χ4n) is 2.90. The van der Waals surface area contributed by atoms with E-state index in [1.807, 2.05) is 0 Å². The Morgan fingerprint density at radius 3 is 1.12 bits per heavy atom. The van der Waals surface area contributed by atoms with Crippen molar-refractivity contribution in [1.29, 1.82) is 0 Å². The highest BCUT2D eigenvalue weighted by molar-refractivity contribution is 5.91. The molecule has 0 aromatic carbocycles. The number of hydrogen-bond acceptors (Lipinski definition) is 4. The van der Waals surface area contributed by atoms with E-state index in [0.29, 0.717) is 0 Å². The molecule has 2 aliphatic carbocycles. The maximum absolute atomic E-state index is 4.37. The highest BCUT2D eigenvalue weighted by Crippen LogP contribution is 2.32. The molecule has 4 rings (SSSR count). The Morgan fingerprint density at radius 2 is 0.812 bits per heavy atom. The van der Waals surface area contributed by atoms with Gasteiger partial charge in [0.15, 0.2) is 0 Å². The third-order valence-electron chi connectivity index (χ3n) is 3.64. The Kier molecular flexibility index (Phi) is 1.59. The second-order valence-electron chi connectivity index (χ2n) is 4.64. The summed E-state index contributed by atoms with van der Waals surface area (Å²) >= 11 is 0. The van der Waals surface area contributed by atoms with Crippen LogP contribution in [0.3, 0.4) is 0 Å². The van der Waals surface area contributed by atoms with Crippen LogP contribution >= 0.6 is 0 Å². The van der Waals surface area contributed by atoms with E-state index >= 15 is 0 Å². The van der Waals surface area contributed by atoms with E-state index in [2.05, 4.69) is 20.4 Å². The van der Waals surface area contributed by atoms with E-state index in [-0.39, 0.29) is 0 Å². The van der Waals surface area contributed by atoms with Crippen LogP contribution in [0.4, 0.5) is 0 Å². The zero-order chi connectivity index (χ0) is 10.5. The second kappa shape index (κ2) is 2.97. The van der Waals surface area contributed by atoms with Gasteiger partial charge in [-0.3, -0.25) is 0 Å². The molecule has 16 heavy (non-hydrogen) atoms. The average molecular weight is 212 g/mol. The zero-order valence-electron chi connectivity index (χ0n) is 9.03. The molecule has 2 aromatic heterocycles. The van der Waals surface area contributed by atoms with Crippen molar-refractivity contribution in [3.63, 3.8) is 0 Å². The van der Waals surface area contributed by atoms with Crippen LogP contribution in [0.2, 0.25) is 0 Å². The molecule has 4 nitrogen and oxygen atoms in total. The molecule has 0 saturated heterocycles. The maximum Gasteiger partial charge on any atom is 0.0729 e. The normalized spacial score (nSPS) is 17.8. The predicted molar refractivity (Wildman–Crippen MR) is 59.2 cm³/mol. The van der Waals surface area contributed by atoms with Gasteiger partial charge in [-0.05, 0) is 38.5 Å². The maximum atomic E-state index is 4.37. The Morgan fingerprint density at radius 1 is 0.500 bits per heavy atom. The molecular weight excluding hydrogens is 200 g/mol. The summed E-state index contributed by atoms with van der Waals surface area (Å²) in [6.07, 6.45) is 6.43. The molecule has 0 N–H and O–H groups in total. The Bertz CT molecular complexity index is 492. The van der Waals surface area contributed by atoms with Crippen LogP contribution in [0, 0.1) is 0 Å². The molecule has 0 bridgehead atoms. The molecule has 0 amide bonds. The summed E-state index contributed by atoms with van der Waals surface area (Å²) in [7, 11) is 0. The lowest BCUT2D eigenvalue weighted by Gasteiger charge is -2.20. The standard InChI is InChI=1S/C12H12N4/c1-3-7-11-8(4-1)14-16-10-6-2-5-9(12(10)11)15-13-7/h1-6H2. The number of hydrogen-bond donors (Lipinski definition) is 0. The van der Waals surface area contributed by atoms with Gasteiger partial charge < -0.3 is 0 Å². The van der Waals surface area contributed by atoms with E-state index in [9.17, 15) is 0 Å². The highest BCUT2D eigenvalue weighted by Gasteiger charge is 2.23. The quantitative estimate of drug-likeness (QED) is 0.662.